The highest BCUT2D eigenvalue weighted by molar-refractivity contribution is 5.06. The van der Waals surface area contributed by atoms with Crippen molar-refractivity contribution in [1.29, 1.82) is 0 Å². The molecule has 0 spiro atoms. The van der Waals surface area contributed by atoms with Crippen LogP contribution < -0.4 is 5.32 Å². The van der Waals surface area contributed by atoms with Crippen molar-refractivity contribution in [1.82, 2.24) is 15.4 Å². The minimum absolute atomic E-state index is 0.732. The van der Waals surface area contributed by atoms with Crippen molar-refractivity contribution in [3.05, 3.63) is 17.5 Å². The van der Waals surface area contributed by atoms with E-state index >= 15 is 0 Å². The summed E-state index contributed by atoms with van der Waals surface area (Å²) < 4.78 is 5.56. The second-order valence-electron chi connectivity index (χ2n) is 7.16. The fourth-order valence-electron chi connectivity index (χ4n) is 4.17. The summed E-state index contributed by atoms with van der Waals surface area (Å²) in [6.07, 6.45) is 11.1. The van der Waals surface area contributed by atoms with E-state index in [9.17, 15) is 0 Å². The molecule has 1 aromatic rings. The summed E-state index contributed by atoms with van der Waals surface area (Å²) in [4.78, 5) is 2.65. The van der Waals surface area contributed by atoms with Gasteiger partial charge in [-0.2, -0.15) is 0 Å². The molecule has 1 saturated heterocycles. The van der Waals surface area contributed by atoms with E-state index in [2.05, 4.69) is 21.4 Å². The van der Waals surface area contributed by atoms with Crippen LogP contribution >= 0.6 is 0 Å². The van der Waals surface area contributed by atoms with Crippen molar-refractivity contribution in [2.24, 2.45) is 5.92 Å². The molecule has 3 fully saturated rings. The molecule has 4 rings (SSSR count). The van der Waals surface area contributed by atoms with Crippen LogP contribution in [0.25, 0.3) is 0 Å². The Labute approximate surface area is 127 Å². The predicted octanol–water partition coefficient (Wildman–Crippen LogP) is 3.08. The number of nitrogens with zero attached hydrogens (tertiary/aromatic N) is 2. The first kappa shape index (κ1) is 13.8. The van der Waals surface area contributed by atoms with Crippen molar-refractivity contribution in [3.63, 3.8) is 0 Å². The van der Waals surface area contributed by atoms with E-state index in [1.165, 1.54) is 57.9 Å². The SMILES string of the molecule is c1c(CNC2CC2)noc1CN1CCCC1C1CCCC1. The summed E-state index contributed by atoms with van der Waals surface area (Å²) in [6, 6.07) is 3.68. The summed E-state index contributed by atoms with van der Waals surface area (Å²) in [5.41, 5.74) is 1.06. The molecular formula is C17H27N3O. The molecule has 2 aliphatic carbocycles. The molecule has 3 aliphatic rings. The van der Waals surface area contributed by atoms with Crippen molar-refractivity contribution in [2.45, 2.75) is 76.5 Å². The Morgan fingerprint density at radius 1 is 1.14 bits per heavy atom. The highest BCUT2D eigenvalue weighted by Gasteiger charge is 2.33. The first-order chi connectivity index (χ1) is 10.4. The summed E-state index contributed by atoms with van der Waals surface area (Å²) in [5.74, 6) is 1.99. The number of aromatic nitrogens is 1. The smallest absolute Gasteiger partial charge is 0.151 e. The Morgan fingerprint density at radius 2 is 2.00 bits per heavy atom. The molecule has 116 valence electrons. The van der Waals surface area contributed by atoms with E-state index in [0.29, 0.717) is 0 Å². The lowest BCUT2D eigenvalue weighted by Crippen LogP contribution is -2.34. The van der Waals surface area contributed by atoms with Gasteiger partial charge in [0, 0.05) is 24.7 Å². The first-order valence-electron chi connectivity index (χ1n) is 8.80. The van der Waals surface area contributed by atoms with Gasteiger partial charge >= 0.3 is 0 Å². The van der Waals surface area contributed by atoms with Gasteiger partial charge in [0.15, 0.2) is 5.76 Å². The third kappa shape index (κ3) is 3.32. The molecule has 1 aliphatic heterocycles. The maximum absolute atomic E-state index is 5.56. The lowest BCUT2D eigenvalue weighted by molar-refractivity contribution is 0.166. The third-order valence-corrected chi connectivity index (χ3v) is 5.47. The van der Waals surface area contributed by atoms with Crippen LogP contribution in [0.15, 0.2) is 10.6 Å². The standard InChI is InChI=1S/C17H27N3O/c1-2-5-13(4-1)17-6-3-9-20(17)12-16-10-15(19-21-16)11-18-14-7-8-14/h10,13-14,17-18H,1-9,11-12H2. The molecule has 0 aromatic carbocycles. The van der Waals surface area contributed by atoms with Crippen molar-refractivity contribution < 1.29 is 4.52 Å². The number of hydrogen-bond acceptors (Lipinski definition) is 4. The van der Waals surface area contributed by atoms with Crippen LogP contribution in [0.5, 0.6) is 0 Å². The Kier molecular flexibility index (Phi) is 3.99. The second-order valence-corrected chi connectivity index (χ2v) is 7.16. The molecule has 4 heteroatoms. The molecule has 1 atom stereocenters. The van der Waals surface area contributed by atoms with Gasteiger partial charge < -0.3 is 9.84 Å². The molecule has 1 unspecified atom stereocenters. The van der Waals surface area contributed by atoms with E-state index in [1.807, 2.05) is 0 Å². The Bertz CT molecular complexity index is 462. The van der Waals surface area contributed by atoms with Crippen LogP contribution in [0, 0.1) is 5.92 Å². The highest BCUT2D eigenvalue weighted by Crippen LogP contribution is 2.36. The number of nitrogens with one attached hydrogen (secondary N) is 1. The monoisotopic (exact) mass is 289 g/mol. The third-order valence-electron chi connectivity index (χ3n) is 5.47. The predicted molar refractivity (Wildman–Crippen MR) is 81.8 cm³/mol. The lowest BCUT2D eigenvalue weighted by atomic mass is 9.96. The van der Waals surface area contributed by atoms with Crippen LogP contribution in [0.3, 0.4) is 0 Å². The Balaban J connectivity index is 1.33. The molecule has 21 heavy (non-hydrogen) atoms. The normalized spacial score (nSPS) is 27.7. The molecule has 1 aromatic heterocycles. The second kappa shape index (κ2) is 6.09. The van der Waals surface area contributed by atoms with Gasteiger partial charge in [-0.25, -0.2) is 0 Å². The van der Waals surface area contributed by atoms with Crippen molar-refractivity contribution in [3.8, 4) is 0 Å². The average molecular weight is 289 g/mol. The molecule has 1 N–H and O–H groups in total. The van der Waals surface area contributed by atoms with Crippen molar-refractivity contribution >= 4 is 0 Å². The largest absolute Gasteiger partial charge is 0.360 e. The van der Waals surface area contributed by atoms with Gasteiger partial charge in [-0.1, -0.05) is 18.0 Å². The zero-order valence-electron chi connectivity index (χ0n) is 12.9. The number of hydrogen-bond donors (Lipinski definition) is 1. The van der Waals surface area contributed by atoms with Gasteiger partial charge in [-0.05, 0) is 51.0 Å². The maximum atomic E-state index is 5.56. The van der Waals surface area contributed by atoms with E-state index < -0.39 is 0 Å². The zero-order valence-corrected chi connectivity index (χ0v) is 12.9. The maximum Gasteiger partial charge on any atom is 0.151 e. The lowest BCUT2D eigenvalue weighted by Gasteiger charge is -2.28. The molecule has 2 saturated carbocycles. The van der Waals surface area contributed by atoms with Crippen LogP contribution in [0.2, 0.25) is 0 Å². The fraction of sp³-hybridized carbons (Fsp3) is 0.824. The van der Waals surface area contributed by atoms with E-state index in [0.717, 1.165) is 42.5 Å². The summed E-state index contributed by atoms with van der Waals surface area (Å²) in [6.45, 7) is 3.05. The van der Waals surface area contributed by atoms with Crippen LogP contribution in [0.1, 0.15) is 62.8 Å². The summed E-state index contributed by atoms with van der Waals surface area (Å²) >= 11 is 0. The van der Waals surface area contributed by atoms with Crippen molar-refractivity contribution in [2.75, 3.05) is 6.54 Å². The van der Waals surface area contributed by atoms with Crippen LogP contribution in [0.4, 0.5) is 0 Å². The number of likely N-dealkylation sites (tertiary alicyclic amines) is 1. The topological polar surface area (TPSA) is 41.3 Å². The molecule has 4 nitrogen and oxygen atoms in total. The van der Waals surface area contributed by atoms with Gasteiger partial charge in [0.05, 0.1) is 12.2 Å². The number of rotatable bonds is 6. The Morgan fingerprint density at radius 3 is 2.81 bits per heavy atom. The summed E-state index contributed by atoms with van der Waals surface area (Å²) in [5, 5.41) is 7.71. The van der Waals surface area contributed by atoms with Gasteiger partial charge in [-0.15, -0.1) is 0 Å². The van der Waals surface area contributed by atoms with E-state index in [1.54, 1.807) is 0 Å². The minimum Gasteiger partial charge on any atom is -0.360 e. The minimum atomic E-state index is 0.732. The molecule has 0 amide bonds. The molecule has 0 bridgehead atoms. The molecule has 2 heterocycles. The van der Waals surface area contributed by atoms with Gasteiger partial charge in [0.25, 0.3) is 0 Å². The quantitative estimate of drug-likeness (QED) is 0.874. The van der Waals surface area contributed by atoms with Crippen LogP contribution in [-0.4, -0.2) is 28.7 Å². The molecule has 0 radical (unpaired) electrons. The first-order valence-corrected chi connectivity index (χ1v) is 8.80. The van der Waals surface area contributed by atoms with E-state index in [-0.39, 0.29) is 0 Å². The van der Waals surface area contributed by atoms with E-state index in [4.69, 9.17) is 4.52 Å². The van der Waals surface area contributed by atoms with Crippen LogP contribution in [-0.2, 0) is 13.1 Å². The average Bonchev–Trinajstić information content (AvgIpc) is 2.92. The van der Waals surface area contributed by atoms with Gasteiger partial charge in [-0.3, -0.25) is 4.90 Å². The summed E-state index contributed by atoms with van der Waals surface area (Å²) in [7, 11) is 0. The zero-order chi connectivity index (χ0) is 14.1. The molecular weight excluding hydrogens is 262 g/mol. The fourth-order valence-corrected chi connectivity index (χ4v) is 4.17. The Hall–Kier alpha value is -0.870. The van der Waals surface area contributed by atoms with Gasteiger partial charge in [0.1, 0.15) is 0 Å². The highest BCUT2D eigenvalue weighted by atomic mass is 16.5. The van der Waals surface area contributed by atoms with Gasteiger partial charge in [0.2, 0.25) is 0 Å².